The number of para-hydroxylation sites is 1. The molecule has 0 aliphatic carbocycles. The number of hydrogen-bond donors (Lipinski definition) is 0. The van der Waals surface area contributed by atoms with E-state index in [0.29, 0.717) is 11.6 Å². The summed E-state index contributed by atoms with van der Waals surface area (Å²) in [6.45, 7) is 5.01. The average molecular weight is 336 g/mol. The first-order valence-electron chi connectivity index (χ1n) is 9.19. The molecular weight excluding hydrogens is 312 g/mol. The van der Waals surface area contributed by atoms with Gasteiger partial charge in [0.05, 0.1) is 0 Å². The van der Waals surface area contributed by atoms with Crippen molar-refractivity contribution in [3.05, 3.63) is 47.9 Å². The largest absolute Gasteiger partial charge is 0.356 e. The van der Waals surface area contributed by atoms with Crippen molar-refractivity contribution in [1.82, 2.24) is 9.97 Å². The van der Waals surface area contributed by atoms with E-state index in [2.05, 4.69) is 27.9 Å². The Hall–Kier alpha value is -2.43. The van der Waals surface area contributed by atoms with Crippen LogP contribution < -0.4 is 9.80 Å². The molecule has 1 fully saturated rings. The van der Waals surface area contributed by atoms with Gasteiger partial charge in [-0.2, -0.15) is 0 Å². The van der Waals surface area contributed by atoms with E-state index in [-0.39, 0.29) is 5.91 Å². The van der Waals surface area contributed by atoms with Crippen molar-refractivity contribution in [2.45, 2.75) is 32.6 Å². The molecule has 4 rings (SSSR count). The maximum atomic E-state index is 13.1. The number of rotatable bonds is 2. The minimum absolute atomic E-state index is 0.0270. The third-order valence-electron chi connectivity index (χ3n) is 5.21. The summed E-state index contributed by atoms with van der Waals surface area (Å²) in [4.78, 5) is 25.9. The van der Waals surface area contributed by atoms with Crippen LogP contribution in [0.4, 0.5) is 11.5 Å². The predicted octanol–water partition coefficient (Wildman–Crippen LogP) is 3.31. The first-order chi connectivity index (χ1) is 12.2. The Morgan fingerprint density at radius 3 is 2.92 bits per heavy atom. The Labute approximate surface area is 148 Å². The molecule has 1 saturated heterocycles. The van der Waals surface area contributed by atoms with Crippen LogP contribution >= 0.6 is 0 Å². The number of fused-ring (bicyclic) bond motifs is 1. The van der Waals surface area contributed by atoms with Gasteiger partial charge in [0.25, 0.3) is 5.91 Å². The standard InChI is InChI=1S/C20H24N4O/c1-15-6-4-10-23(13-15)19-12-17(21-14-22-19)20(25)24-11-5-8-16-7-2-3-9-18(16)24/h2-3,7,9,12,14-15H,4-6,8,10-11,13H2,1H3. The first-order valence-corrected chi connectivity index (χ1v) is 9.19. The number of carbonyl (C=O) groups is 1. The normalized spacial score (nSPS) is 20.3. The fourth-order valence-electron chi connectivity index (χ4n) is 3.92. The average Bonchev–Trinajstić information content (AvgIpc) is 2.67. The van der Waals surface area contributed by atoms with Crippen molar-refractivity contribution in [2.75, 3.05) is 29.4 Å². The highest BCUT2D eigenvalue weighted by Crippen LogP contribution is 2.28. The number of piperidine rings is 1. The molecule has 1 atom stereocenters. The van der Waals surface area contributed by atoms with E-state index in [1.165, 1.54) is 24.7 Å². The van der Waals surface area contributed by atoms with Crippen LogP contribution in [0.5, 0.6) is 0 Å². The van der Waals surface area contributed by atoms with Gasteiger partial charge in [0, 0.05) is 31.4 Å². The van der Waals surface area contributed by atoms with Gasteiger partial charge in [-0.3, -0.25) is 4.79 Å². The molecule has 0 saturated carbocycles. The fourth-order valence-corrected chi connectivity index (χ4v) is 3.92. The molecule has 2 aliphatic rings. The number of nitrogens with zero attached hydrogens (tertiary/aromatic N) is 4. The molecule has 130 valence electrons. The Balaban J connectivity index is 1.60. The molecule has 1 unspecified atom stereocenters. The molecule has 25 heavy (non-hydrogen) atoms. The minimum Gasteiger partial charge on any atom is -0.356 e. The van der Waals surface area contributed by atoms with Crippen molar-refractivity contribution in [3.63, 3.8) is 0 Å². The second-order valence-electron chi connectivity index (χ2n) is 7.14. The number of aryl methyl sites for hydroxylation is 1. The number of aromatic nitrogens is 2. The van der Waals surface area contributed by atoms with Gasteiger partial charge in [0.1, 0.15) is 17.8 Å². The molecule has 0 radical (unpaired) electrons. The van der Waals surface area contributed by atoms with E-state index in [0.717, 1.165) is 44.0 Å². The lowest BCUT2D eigenvalue weighted by Crippen LogP contribution is -2.37. The maximum absolute atomic E-state index is 13.1. The Morgan fingerprint density at radius 2 is 2.04 bits per heavy atom. The van der Waals surface area contributed by atoms with Crippen LogP contribution in [0.3, 0.4) is 0 Å². The van der Waals surface area contributed by atoms with Crippen LogP contribution in [0.25, 0.3) is 0 Å². The predicted molar refractivity (Wildman–Crippen MR) is 99.1 cm³/mol. The van der Waals surface area contributed by atoms with Crippen molar-refractivity contribution in [2.24, 2.45) is 5.92 Å². The van der Waals surface area contributed by atoms with Crippen LogP contribution in [0, 0.1) is 5.92 Å². The highest BCUT2D eigenvalue weighted by atomic mass is 16.2. The van der Waals surface area contributed by atoms with Crippen molar-refractivity contribution in [1.29, 1.82) is 0 Å². The third kappa shape index (κ3) is 3.23. The van der Waals surface area contributed by atoms with Gasteiger partial charge in [-0.05, 0) is 43.2 Å². The lowest BCUT2D eigenvalue weighted by Gasteiger charge is -2.32. The van der Waals surface area contributed by atoms with Crippen LogP contribution in [-0.2, 0) is 6.42 Å². The Kier molecular flexibility index (Phi) is 4.38. The summed E-state index contributed by atoms with van der Waals surface area (Å²) in [6, 6.07) is 10.0. The van der Waals surface area contributed by atoms with Crippen LogP contribution in [-0.4, -0.2) is 35.5 Å². The van der Waals surface area contributed by atoms with Crippen LogP contribution in [0.1, 0.15) is 42.2 Å². The molecule has 3 heterocycles. The molecule has 1 aromatic carbocycles. The van der Waals surface area contributed by atoms with Crippen molar-refractivity contribution in [3.8, 4) is 0 Å². The van der Waals surface area contributed by atoms with Gasteiger partial charge >= 0.3 is 0 Å². The lowest BCUT2D eigenvalue weighted by atomic mass is 10.0. The summed E-state index contributed by atoms with van der Waals surface area (Å²) in [5.41, 5.74) is 2.74. The highest BCUT2D eigenvalue weighted by molar-refractivity contribution is 6.05. The summed E-state index contributed by atoms with van der Waals surface area (Å²) in [7, 11) is 0. The number of amides is 1. The summed E-state index contributed by atoms with van der Waals surface area (Å²) >= 11 is 0. The summed E-state index contributed by atoms with van der Waals surface area (Å²) < 4.78 is 0. The second kappa shape index (κ2) is 6.82. The lowest BCUT2D eigenvalue weighted by molar-refractivity contribution is 0.0980. The maximum Gasteiger partial charge on any atom is 0.277 e. The molecule has 1 amide bonds. The minimum atomic E-state index is -0.0270. The molecule has 2 aromatic rings. The number of hydrogen-bond acceptors (Lipinski definition) is 4. The topological polar surface area (TPSA) is 49.3 Å². The second-order valence-corrected chi connectivity index (χ2v) is 7.14. The fraction of sp³-hybridized carbons (Fsp3) is 0.450. The molecule has 5 heteroatoms. The van der Waals surface area contributed by atoms with Gasteiger partial charge in [-0.1, -0.05) is 25.1 Å². The van der Waals surface area contributed by atoms with E-state index in [9.17, 15) is 4.79 Å². The molecule has 0 spiro atoms. The highest BCUT2D eigenvalue weighted by Gasteiger charge is 2.25. The smallest absolute Gasteiger partial charge is 0.277 e. The van der Waals surface area contributed by atoms with Gasteiger partial charge < -0.3 is 9.80 Å². The van der Waals surface area contributed by atoms with E-state index >= 15 is 0 Å². The zero-order valence-corrected chi connectivity index (χ0v) is 14.7. The molecule has 0 bridgehead atoms. The number of anilines is 2. The Morgan fingerprint density at radius 1 is 1.16 bits per heavy atom. The molecule has 2 aliphatic heterocycles. The SMILES string of the molecule is CC1CCCN(c2cc(C(=O)N3CCCc4ccccc43)ncn2)C1. The first kappa shape index (κ1) is 16.1. The molecule has 5 nitrogen and oxygen atoms in total. The van der Waals surface area contributed by atoms with E-state index in [1.807, 2.05) is 29.2 Å². The van der Waals surface area contributed by atoms with Crippen molar-refractivity contribution < 1.29 is 4.79 Å². The van der Waals surface area contributed by atoms with Gasteiger partial charge in [0.2, 0.25) is 0 Å². The summed E-state index contributed by atoms with van der Waals surface area (Å²) in [6.07, 6.45) is 5.98. The molecule has 0 N–H and O–H groups in total. The third-order valence-corrected chi connectivity index (χ3v) is 5.21. The molecular formula is C20H24N4O. The van der Waals surface area contributed by atoms with Crippen molar-refractivity contribution >= 4 is 17.4 Å². The van der Waals surface area contributed by atoms with E-state index < -0.39 is 0 Å². The monoisotopic (exact) mass is 336 g/mol. The van der Waals surface area contributed by atoms with Gasteiger partial charge in [-0.25, -0.2) is 9.97 Å². The van der Waals surface area contributed by atoms with Gasteiger partial charge in [-0.15, -0.1) is 0 Å². The zero-order chi connectivity index (χ0) is 17.2. The quantitative estimate of drug-likeness (QED) is 0.844. The Bertz CT molecular complexity index is 776. The molecule has 1 aromatic heterocycles. The summed E-state index contributed by atoms with van der Waals surface area (Å²) in [5, 5.41) is 0. The number of benzene rings is 1. The van der Waals surface area contributed by atoms with Gasteiger partial charge in [0.15, 0.2) is 0 Å². The summed E-state index contributed by atoms with van der Waals surface area (Å²) in [5.74, 6) is 1.51. The van der Waals surface area contributed by atoms with E-state index in [4.69, 9.17) is 0 Å². The zero-order valence-electron chi connectivity index (χ0n) is 14.7. The number of carbonyl (C=O) groups excluding carboxylic acids is 1. The van der Waals surface area contributed by atoms with Crippen LogP contribution in [0.2, 0.25) is 0 Å². The van der Waals surface area contributed by atoms with E-state index in [1.54, 1.807) is 0 Å². The van der Waals surface area contributed by atoms with Crippen LogP contribution in [0.15, 0.2) is 36.7 Å².